The van der Waals surface area contributed by atoms with Gasteiger partial charge in [-0.1, -0.05) is 18.2 Å². The van der Waals surface area contributed by atoms with Gasteiger partial charge in [-0.15, -0.1) is 23.7 Å². The number of aliphatic hydroxyl groups is 1. The molecule has 3 heterocycles. The molecular formula is C17H23ClN4O2S. The van der Waals surface area contributed by atoms with E-state index in [1.807, 2.05) is 30.3 Å². The lowest BCUT2D eigenvalue weighted by atomic mass is 9.89. The van der Waals surface area contributed by atoms with Crippen molar-refractivity contribution in [2.75, 3.05) is 19.6 Å². The minimum Gasteiger partial charge on any atom is -0.386 e. The van der Waals surface area contributed by atoms with E-state index in [2.05, 4.69) is 21.5 Å². The summed E-state index contributed by atoms with van der Waals surface area (Å²) in [6, 6.07) is 10.1. The fourth-order valence-electron chi connectivity index (χ4n) is 3.55. The van der Waals surface area contributed by atoms with Gasteiger partial charge in [0, 0.05) is 34.6 Å². The number of nitrogens with one attached hydrogen (secondary N) is 4. The van der Waals surface area contributed by atoms with Crippen LogP contribution in [-0.2, 0) is 4.79 Å². The lowest BCUT2D eigenvalue weighted by Gasteiger charge is -2.27. The number of carbonyl (C=O) groups is 1. The third-order valence-corrected chi connectivity index (χ3v) is 6.12. The van der Waals surface area contributed by atoms with E-state index >= 15 is 0 Å². The first-order valence-electron chi connectivity index (χ1n) is 8.38. The number of halogens is 1. The van der Waals surface area contributed by atoms with Crippen molar-refractivity contribution >= 4 is 39.7 Å². The molecule has 0 saturated carbocycles. The molecule has 1 aromatic heterocycles. The van der Waals surface area contributed by atoms with Crippen LogP contribution < -0.4 is 21.5 Å². The number of hydrazine groups is 1. The van der Waals surface area contributed by atoms with Gasteiger partial charge in [-0.25, -0.2) is 5.43 Å². The molecule has 2 aliphatic rings. The second-order valence-electron chi connectivity index (χ2n) is 6.48. The van der Waals surface area contributed by atoms with Gasteiger partial charge in [0.1, 0.15) is 12.1 Å². The van der Waals surface area contributed by atoms with Crippen molar-refractivity contribution in [1.82, 2.24) is 21.5 Å². The van der Waals surface area contributed by atoms with Gasteiger partial charge >= 0.3 is 0 Å². The number of carbonyl (C=O) groups excluding carboxylic acids is 1. The lowest BCUT2D eigenvalue weighted by Crippen LogP contribution is -2.49. The molecule has 25 heavy (non-hydrogen) atoms. The third kappa shape index (κ3) is 3.81. The molecule has 2 aliphatic heterocycles. The number of fused-ring (bicyclic) bond motifs is 2. The van der Waals surface area contributed by atoms with Gasteiger partial charge in [0.2, 0.25) is 5.91 Å². The average Bonchev–Trinajstić information content (AvgIpc) is 3.23. The quantitative estimate of drug-likeness (QED) is 0.543. The van der Waals surface area contributed by atoms with Crippen molar-refractivity contribution in [3.8, 4) is 0 Å². The first-order valence-corrected chi connectivity index (χ1v) is 9.20. The van der Waals surface area contributed by atoms with E-state index < -0.39 is 6.10 Å². The van der Waals surface area contributed by atoms with Crippen LogP contribution in [0.1, 0.15) is 17.4 Å². The maximum Gasteiger partial charge on any atom is 0.238 e. The molecular weight excluding hydrogens is 360 g/mol. The van der Waals surface area contributed by atoms with Gasteiger partial charge in [0.25, 0.3) is 0 Å². The highest BCUT2D eigenvalue weighted by Crippen LogP contribution is 2.29. The Bertz CT molecular complexity index is 707. The molecule has 1 amide bonds. The number of benzene rings is 1. The second-order valence-corrected chi connectivity index (χ2v) is 7.59. The van der Waals surface area contributed by atoms with Crippen LogP contribution in [-0.4, -0.2) is 42.7 Å². The molecule has 4 rings (SSSR count). The predicted molar refractivity (Wildman–Crippen MR) is 102 cm³/mol. The highest BCUT2D eigenvalue weighted by Gasteiger charge is 2.41. The van der Waals surface area contributed by atoms with Crippen LogP contribution in [0.3, 0.4) is 0 Å². The zero-order chi connectivity index (χ0) is 16.5. The Balaban J connectivity index is 0.00000182. The number of aliphatic hydroxyl groups excluding tert-OH is 1. The first-order chi connectivity index (χ1) is 11.7. The molecule has 0 bridgehead atoms. The molecule has 0 spiro atoms. The largest absolute Gasteiger partial charge is 0.386 e. The van der Waals surface area contributed by atoms with Gasteiger partial charge in [-0.05, 0) is 30.5 Å². The molecule has 6 nitrogen and oxygen atoms in total. The maximum absolute atomic E-state index is 12.5. The minimum atomic E-state index is -0.680. The zero-order valence-electron chi connectivity index (χ0n) is 13.7. The SMILES string of the molecule is Cl.O=C(NCC(O)c1cc2ccccc2s1)C1NNC2CCNCC21. The smallest absolute Gasteiger partial charge is 0.238 e. The van der Waals surface area contributed by atoms with E-state index in [9.17, 15) is 9.90 Å². The summed E-state index contributed by atoms with van der Waals surface area (Å²) in [5, 5.41) is 17.7. The molecule has 2 fully saturated rings. The molecule has 2 aromatic rings. The monoisotopic (exact) mass is 382 g/mol. The normalized spacial score (nSPS) is 26.7. The molecule has 0 radical (unpaired) electrons. The Morgan fingerprint density at radius 3 is 3.04 bits per heavy atom. The number of piperidine rings is 1. The number of amides is 1. The predicted octanol–water partition coefficient (Wildman–Crippen LogP) is 0.927. The zero-order valence-corrected chi connectivity index (χ0v) is 15.3. The molecule has 8 heteroatoms. The van der Waals surface area contributed by atoms with Crippen molar-refractivity contribution in [1.29, 1.82) is 0 Å². The van der Waals surface area contributed by atoms with E-state index in [0.29, 0.717) is 6.04 Å². The molecule has 1 aromatic carbocycles. The first kappa shape index (κ1) is 18.6. The van der Waals surface area contributed by atoms with E-state index in [-0.39, 0.29) is 36.8 Å². The van der Waals surface area contributed by atoms with Crippen LogP contribution in [0.15, 0.2) is 30.3 Å². The second kappa shape index (κ2) is 7.99. The number of hydrogen-bond donors (Lipinski definition) is 5. The number of hydrogen-bond acceptors (Lipinski definition) is 6. The summed E-state index contributed by atoms with van der Waals surface area (Å²) in [4.78, 5) is 13.3. The Morgan fingerprint density at radius 2 is 2.20 bits per heavy atom. The van der Waals surface area contributed by atoms with Gasteiger partial charge in [-0.2, -0.15) is 0 Å². The van der Waals surface area contributed by atoms with Crippen LogP contribution in [0.25, 0.3) is 10.1 Å². The topological polar surface area (TPSA) is 85.4 Å². The van der Waals surface area contributed by atoms with Crippen LogP contribution >= 0.6 is 23.7 Å². The summed E-state index contributed by atoms with van der Waals surface area (Å²) in [6.45, 7) is 2.05. The van der Waals surface area contributed by atoms with Crippen LogP contribution in [0, 0.1) is 5.92 Å². The minimum absolute atomic E-state index is 0. The number of thiophene rings is 1. The Kier molecular flexibility index (Phi) is 5.93. The van der Waals surface area contributed by atoms with Crippen molar-refractivity contribution in [2.45, 2.75) is 24.6 Å². The highest BCUT2D eigenvalue weighted by molar-refractivity contribution is 7.19. The van der Waals surface area contributed by atoms with Crippen LogP contribution in [0.2, 0.25) is 0 Å². The van der Waals surface area contributed by atoms with E-state index in [4.69, 9.17) is 0 Å². The van der Waals surface area contributed by atoms with Crippen LogP contribution in [0.4, 0.5) is 0 Å². The van der Waals surface area contributed by atoms with Crippen LogP contribution in [0.5, 0.6) is 0 Å². The summed E-state index contributed by atoms with van der Waals surface area (Å²) in [5.74, 6) is 0.194. The van der Waals surface area contributed by atoms with Crippen molar-refractivity contribution < 1.29 is 9.90 Å². The van der Waals surface area contributed by atoms with E-state index in [0.717, 1.165) is 34.5 Å². The Hall–Kier alpha value is -1.22. The van der Waals surface area contributed by atoms with Gasteiger partial charge in [-0.3, -0.25) is 10.2 Å². The van der Waals surface area contributed by atoms with Gasteiger partial charge in [0.05, 0.1) is 0 Å². The third-order valence-electron chi connectivity index (χ3n) is 4.91. The van der Waals surface area contributed by atoms with Crippen molar-refractivity contribution in [3.05, 3.63) is 35.2 Å². The van der Waals surface area contributed by atoms with Crippen molar-refractivity contribution in [3.63, 3.8) is 0 Å². The summed E-state index contributed by atoms with van der Waals surface area (Å²) >= 11 is 1.57. The number of rotatable bonds is 4. The molecule has 4 unspecified atom stereocenters. The molecule has 4 atom stereocenters. The molecule has 136 valence electrons. The average molecular weight is 383 g/mol. The Morgan fingerprint density at radius 1 is 1.36 bits per heavy atom. The maximum atomic E-state index is 12.5. The fourth-order valence-corrected chi connectivity index (χ4v) is 4.60. The summed E-state index contributed by atoms with van der Waals surface area (Å²) in [7, 11) is 0. The van der Waals surface area contributed by atoms with Crippen molar-refractivity contribution in [2.24, 2.45) is 5.92 Å². The summed E-state index contributed by atoms with van der Waals surface area (Å²) in [6.07, 6.45) is 0.340. The molecule has 5 N–H and O–H groups in total. The van der Waals surface area contributed by atoms with Gasteiger partial charge in [0.15, 0.2) is 0 Å². The molecule has 2 saturated heterocycles. The lowest BCUT2D eigenvalue weighted by molar-refractivity contribution is -0.124. The van der Waals surface area contributed by atoms with Gasteiger partial charge < -0.3 is 15.7 Å². The summed E-state index contributed by atoms with van der Waals surface area (Å²) < 4.78 is 1.15. The fraction of sp³-hybridized carbons (Fsp3) is 0.471. The highest BCUT2D eigenvalue weighted by atomic mass is 35.5. The molecule has 0 aliphatic carbocycles. The van der Waals surface area contributed by atoms with E-state index in [1.54, 1.807) is 11.3 Å². The standard InChI is InChI=1S/C17H22N4O2S.ClH/c22-13(15-7-10-3-1-2-4-14(10)24-15)9-19-17(23)16-11-8-18-6-5-12(11)20-21-16;/h1-4,7,11-13,16,18,20-22H,5-6,8-9H2,(H,19,23);1H. The Labute approximate surface area is 156 Å². The van der Waals surface area contributed by atoms with E-state index in [1.165, 1.54) is 0 Å². The summed E-state index contributed by atoms with van der Waals surface area (Å²) in [5.41, 5.74) is 6.32.